The monoisotopic (exact) mass is 330 g/mol. The quantitative estimate of drug-likeness (QED) is 0.781. The van der Waals surface area contributed by atoms with Crippen molar-refractivity contribution < 1.29 is 18.3 Å². The van der Waals surface area contributed by atoms with E-state index in [2.05, 4.69) is 15.4 Å². The van der Waals surface area contributed by atoms with Gasteiger partial charge in [-0.3, -0.25) is 9.78 Å². The van der Waals surface area contributed by atoms with Crippen LogP contribution in [-0.2, 0) is 6.73 Å². The fourth-order valence-corrected chi connectivity index (χ4v) is 1.91. The van der Waals surface area contributed by atoms with Crippen molar-refractivity contribution in [3.05, 3.63) is 72.3 Å². The number of benzene rings is 1. The average Bonchev–Trinajstić information content (AvgIpc) is 3.04. The Kier molecular flexibility index (Phi) is 4.46. The van der Waals surface area contributed by atoms with Crippen LogP contribution in [0.2, 0.25) is 0 Å². The summed E-state index contributed by atoms with van der Waals surface area (Å²) in [5.74, 6) is -1.99. The van der Waals surface area contributed by atoms with Crippen molar-refractivity contribution in [1.29, 1.82) is 0 Å². The van der Waals surface area contributed by atoms with Gasteiger partial charge in [-0.1, -0.05) is 0 Å². The third kappa shape index (κ3) is 3.72. The van der Waals surface area contributed by atoms with E-state index in [0.29, 0.717) is 5.69 Å². The Hall–Kier alpha value is -3.29. The summed E-state index contributed by atoms with van der Waals surface area (Å²) < 4.78 is 32.8. The van der Waals surface area contributed by atoms with Gasteiger partial charge in [0.1, 0.15) is 5.82 Å². The molecule has 0 saturated heterocycles. The molecule has 24 heavy (non-hydrogen) atoms. The van der Waals surface area contributed by atoms with Crippen LogP contribution in [0.25, 0.3) is 0 Å². The van der Waals surface area contributed by atoms with Crippen molar-refractivity contribution in [1.82, 2.24) is 14.8 Å². The van der Waals surface area contributed by atoms with Gasteiger partial charge in [0, 0.05) is 30.3 Å². The van der Waals surface area contributed by atoms with E-state index in [1.165, 1.54) is 23.0 Å². The first kappa shape index (κ1) is 15.6. The normalized spacial score (nSPS) is 10.4. The second kappa shape index (κ2) is 6.86. The molecular formula is C16H12F2N4O2. The molecule has 0 bridgehead atoms. The molecule has 0 aliphatic heterocycles. The smallest absolute Gasteiger partial charge is 0.276 e. The van der Waals surface area contributed by atoms with Crippen molar-refractivity contribution in [2.24, 2.45) is 0 Å². The van der Waals surface area contributed by atoms with Gasteiger partial charge in [0.25, 0.3) is 5.91 Å². The standard InChI is InChI=1S/C16H12F2N4O2/c17-11-1-2-15(13(18)9-11)24-10-22-8-5-14(21-22)16(23)20-12-3-6-19-7-4-12/h1-9H,10H2,(H,19,20,23). The number of nitrogens with one attached hydrogen (secondary N) is 1. The number of amides is 1. The summed E-state index contributed by atoms with van der Waals surface area (Å²) in [7, 11) is 0. The molecule has 0 spiro atoms. The molecule has 0 aliphatic rings. The van der Waals surface area contributed by atoms with Gasteiger partial charge in [-0.15, -0.1) is 0 Å². The SMILES string of the molecule is O=C(Nc1ccncc1)c1ccn(COc2ccc(F)cc2F)n1. The Morgan fingerprint density at radius 3 is 2.71 bits per heavy atom. The van der Waals surface area contributed by atoms with Crippen LogP contribution in [0.1, 0.15) is 10.5 Å². The summed E-state index contributed by atoms with van der Waals surface area (Å²) in [4.78, 5) is 15.9. The number of halogens is 2. The van der Waals surface area contributed by atoms with Crippen LogP contribution in [0, 0.1) is 11.6 Å². The highest BCUT2D eigenvalue weighted by Gasteiger charge is 2.11. The maximum absolute atomic E-state index is 13.5. The largest absolute Gasteiger partial charge is 0.468 e. The average molecular weight is 330 g/mol. The molecule has 0 unspecified atom stereocenters. The van der Waals surface area contributed by atoms with Crippen molar-refractivity contribution in [3.8, 4) is 5.75 Å². The Morgan fingerprint density at radius 2 is 1.96 bits per heavy atom. The number of carbonyl (C=O) groups excluding carboxylic acids is 1. The summed E-state index contributed by atoms with van der Waals surface area (Å²) in [5.41, 5.74) is 0.768. The fraction of sp³-hybridized carbons (Fsp3) is 0.0625. The number of hydrogen-bond donors (Lipinski definition) is 1. The van der Waals surface area contributed by atoms with E-state index in [1.807, 2.05) is 0 Å². The van der Waals surface area contributed by atoms with Crippen LogP contribution in [0.4, 0.5) is 14.5 Å². The second-order valence-electron chi connectivity index (χ2n) is 4.78. The molecule has 0 saturated carbocycles. The van der Waals surface area contributed by atoms with Crippen molar-refractivity contribution in [2.75, 3.05) is 5.32 Å². The third-order valence-corrected chi connectivity index (χ3v) is 3.06. The van der Waals surface area contributed by atoms with E-state index in [0.717, 1.165) is 12.1 Å². The first-order chi connectivity index (χ1) is 11.6. The molecule has 0 atom stereocenters. The molecule has 0 radical (unpaired) electrons. The summed E-state index contributed by atoms with van der Waals surface area (Å²) in [5, 5.41) is 6.70. The third-order valence-electron chi connectivity index (χ3n) is 3.06. The zero-order valence-corrected chi connectivity index (χ0v) is 12.3. The molecule has 2 heterocycles. The molecule has 8 heteroatoms. The van der Waals surface area contributed by atoms with Crippen LogP contribution in [0.3, 0.4) is 0 Å². The van der Waals surface area contributed by atoms with Crippen LogP contribution < -0.4 is 10.1 Å². The Labute approximate surface area is 135 Å². The van der Waals surface area contributed by atoms with E-state index < -0.39 is 17.5 Å². The molecule has 2 aromatic heterocycles. The van der Waals surface area contributed by atoms with Crippen molar-refractivity contribution >= 4 is 11.6 Å². The van der Waals surface area contributed by atoms with E-state index in [9.17, 15) is 13.6 Å². The number of carbonyl (C=O) groups is 1. The molecule has 3 aromatic rings. The molecule has 6 nitrogen and oxygen atoms in total. The van der Waals surface area contributed by atoms with Crippen LogP contribution >= 0.6 is 0 Å². The summed E-state index contributed by atoms with van der Waals surface area (Å²) in [6.45, 7) is -0.120. The zero-order valence-electron chi connectivity index (χ0n) is 12.3. The van der Waals surface area contributed by atoms with Gasteiger partial charge in [-0.25, -0.2) is 13.5 Å². The number of pyridine rings is 1. The maximum Gasteiger partial charge on any atom is 0.276 e. The van der Waals surface area contributed by atoms with Gasteiger partial charge in [0.05, 0.1) is 0 Å². The maximum atomic E-state index is 13.5. The van der Waals surface area contributed by atoms with Crippen LogP contribution in [-0.4, -0.2) is 20.7 Å². The predicted molar refractivity (Wildman–Crippen MR) is 81.4 cm³/mol. The fourth-order valence-electron chi connectivity index (χ4n) is 1.91. The molecule has 122 valence electrons. The summed E-state index contributed by atoms with van der Waals surface area (Å²) >= 11 is 0. The summed E-state index contributed by atoms with van der Waals surface area (Å²) in [6.07, 6.45) is 4.63. The Bertz CT molecular complexity index is 852. The van der Waals surface area contributed by atoms with Gasteiger partial charge in [0.2, 0.25) is 0 Å². The number of aromatic nitrogens is 3. The number of hydrogen-bond acceptors (Lipinski definition) is 4. The molecule has 3 rings (SSSR count). The number of nitrogens with zero attached hydrogens (tertiary/aromatic N) is 3. The molecule has 1 N–H and O–H groups in total. The van der Waals surface area contributed by atoms with Crippen molar-refractivity contribution in [3.63, 3.8) is 0 Å². The minimum Gasteiger partial charge on any atom is -0.468 e. The number of ether oxygens (including phenoxy) is 1. The Morgan fingerprint density at radius 1 is 1.17 bits per heavy atom. The van der Waals surface area contributed by atoms with E-state index >= 15 is 0 Å². The predicted octanol–water partition coefficient (Wildman–Crippen LogP) is 2.85. The lowest BCUT2D eigenvalue weighted by atomic mass is 10.3. The lowest BCUT2D eigenvalue weighted by Crippen LogP contribution is -2.14. The lowest BCUT2D eigenvalue weighted by molar-refractivity contribution is 0.102. The first-order valence-electron chi connectivity index (χ1n) is 6.94. The minimum absolute atomic E-state index is 0.102. The van der Waals surface area contributed by atoms with E-state index in [1.54, 1.807) is 24.5 Å². The topological polar surface area (TPSA) is 69.0 Å². The van der Waals surface area contributed by atoms with E-state index in [4.69, 9.17) is 4.74 Å². The Balaban J connectivity index is 1.62. The summed E-state index contributed by atoms with van der Waals surface area (Å²) in [6, 6.07) is 7.80. The first-order valence-corrected chi connectivity index (χ1v) is 6.94. The van der Waals surface area contributed by atoms with Gasteiger partial charge < -0.3 is 10.1 Å². The lowest BCUT2D eigenvalue weighted by Gasteiger charge is -2.07. The number of rotatable bonds is 5. The van der Waals surface area contributed by atoms with Crippen molar-refractivity contribution in [2.45, 2.75) is 6.73 Å². The van der Waals surface area contributed by atoms with Crippen LogP contribution in [0.5, 0.6) is 5.75 Å². The highest BCUT2D eigenvalue weighted by atomic mass is 19.1. The molecule has 1 amide bonds. The van der Waals surface area contributed by atoms with Gasteiger partial charge >= 0.3 is 0 Å². The molecular weight excluding hydrogens is 318 g/mol. The van der Waals surface area contributed by atoms with Gasteiger partial charge in [0.15, 0.2) is 24.0 Å². The second-order valence-corrected chi connectivity index (χ2v) is 4.78. The van der Waals surface area contributed by atoms with Gasteiger partial charge in [-0.05, 0) is 30.3 Å². The molecule has 0 fully saturated rings. The van der Waals surface area contributed by atoms with Gasteiger partial charge in [-0.2, -0.15) is 5.10 Å². The van der Waals surface area contributed by atoms with Crippen LogP contribution in [0.15, 0.2) is 55.0 Å². The number of anilines is 1. The molecule has 1 aromatic carbocycles. The molecule has 0 aliphatic carbocycles. The highest BCUT2D eigenvalue weighted by Crippen LogP contribution is 2.18. The zero-order chi connectivity index (χ0) is 16.9. The minimum atomic E-state index is -0.808. The highest BCUT2D eigenvalue weighted by molar-refractivity contribution is 6.02. The van der Waals surface area contributed by atoms with E-state index in [-0.39, 0.29) is 18.2 Å².